The van der Waals surface area contributed by atoms with Gasteiger partial charge < -0.3 is 14.4 Å². The molecule has 1 atom stereocenters. The molecular formula is C24H29N3O2. The van der Waals surface area contributed by atoms with Crippen LogP contribution < -0.4 is 4.74 Å². The number of rotatable bonds is 9. The molecule has 5 heteroatoms. The van der Waals surface area contributed by atoms with E-state index in [4.69, 9.17) is 4.74 Å². The molecule has 1 N–H and O–H groups in total. The highest BCUT2D eigenvalue weighted by atomic mass is 16.5. The van der Waals surface area contributed by atoms with Gasteiger partial charge in [0.1, 0.15) is 18.2 Å². The average Bonchev–Trinajstić information content (AvgIpc) is 3.36. The Kier molecular flexibility index (Phi) is 6.27. The number of aromatic nitrogens is 2. The first-order valence-corrected chi connectivity index (χ1v) is 10.4. The maximum absolute atomic E-state index is 9.36. The number of aliphatic hydroxyl groups is 1. The molecule has 152 valence electrons. The van der Waals surface area contributed by atoms with Gasteiger partial charge in [0, 0.05) is 45.2 Å². The van der Waals surface area contributed by atoms with Crippen LogP contribution in [0.3, 0.4) is 0 Å². The van der Waals surface area contributed by atoms with Crippen LogP contribution >= 0.6 is 0 Å². The van der Waals surface area contributed by atoms with Gasteiger partial charge in [0.25, 0.3) is 0 Å². The van der Waals surface area contributed by atoms with Gasteiger partial charge >= 0.3 is 0 Å². The van der Waals surface area contributed by atoms with Crippen LogP contribution in [-0.2, 0) is 26.6 Å². The van der Waals surface area contributed by atoms with Crippen LogP contribution in [0.2, 0.25) is 0 Å². The van der Waals surface area contributed by atoms with E-state index in [1.165, 1.54) is 16.7 Å². The summed E-state index contributed by atoms with van der Waals surface area (Å²) in [5.74, 6) is 1.76. The summed E-state index contributed by atoms with van der Waals surface area (Å²) in [5, 5.41) is 9.36. The molecule has 0 aliphatic heterocycles. The number of hydrogen-bond acceptors (Lipinski definition) is 4. The fourth-order valence-corrected chi connectivity index (χ4v) is 4.14. The number of aliphatic hydroxyl groups excluding tert-OH is 1. The van der Waals surface area contributed by atoms with Crippen LogP contribution in [0.5, 0.6) is 5.75 Å². The lowest BCUT2D eigenvalue weighted by molar-refractivity contribution is 0.165. The van der Waals surface area contributed by atoms with Crippen molar-refractivity contribution in [3.05, 3.63) is 83.4 Å². The molecule has 0 saturated carbocycles. The van der Waals surface area contributed by atoms with E-state index in [2.05, 4.69) is 46.3 Å². The number of benzene rings is 2. The monoisotopic (exact) mass is 391 g/mol. The normalized spacial score (nSPS) is 15.6. The fraction of sp³-hybridized carbons (Fsp3) is 0.375. The standard InChI is InChI=1S/C24H29N3O2/c1-26-15-13-25-24(26)18-29-21-10-7-19(8-11-21)17-27(14-4-16-28)23-12-9-20-5-2-3-6-22(20)23/h2-3,5-8,10-11,13,15,23,28H,4,9,12,14,16-18H2,1H3. The summed E-state index contributed by atoms with van der Waals surface area (Å²) in [4.78, 5) is 6.80. The van der Waals surface area contributed by atoms with Crippen LogP contribution in [0.4, 0.5) is 0 Å². The second-order valence-corrected chi connectivity index (χ2v) is 7.69. The Morgan fingerprint density at radius 2 is 2.00 bits per heavy atom. The number of imidazole rings is 1. The predicted octanol–water partition coefficient (Wildman–Crippen LogP) is 3.87. The molecule has 3 aromatic rings. The van der Waals surface area contributed by atoms with E-state index in [-0.39, 0.29) is 6.61 Å². The highest BCUT2D eigenvalue weighted by Crippen LogP contribution is 2.36. The number of aryl methyl sites for hydroxylation is 2. The number of fused-ring (bicyclic) bond motifs is 1. The molecule has 1 heterocycles. The lowest BCUT2D eigenvalue weighted by Gasteiger charge is -2.29. The molecule has 0 spiro atoms. The van der Waals surface area contributed by atoms with Gasteiger partial charge in [-0.3, -0.25) is 4.90 Å². The summed E-state index contributed by atoms with van der Waals surface area (Å²) in [6.07, 6.45) is 6.78. The van der Waals surface area contributed by atoms with Gasteiger partial charge in [0.2, 0.25) is 0 Å². The summed E-state index contributed by atoms with van der Waals surface area (Å²) in [5.41, 5.74) is 4.17. The third kappa shape index (κ3) is 4.69. The van der Waals surface area contributed by atoms with Gasteiger partial charge in [0.15, 0.2) is 0 Å². The van der Waals surface area contributed by atoms with Crippen LogP contribution in [-0.4, -0.2) is 32.7 Å². The molecule has 1 aliphatic carbocycles. The van der Waals surface area contributed by atoms with Crippen molar-refractivity contribution in [1.82, 2.24) is 14.5 Å². The van der Waals surface area contributed by atoms with Crippen molar-refractivity contribution in [3.8, 4) is 5.75 Å². The summed E-state index contributed by atoms with van der Waals surface area (Å²) in [6.45, 7) is 2.46. The Hall–Kier alpha value is -2.63. The quantitative estimate of drug-likeness (QED) is 0.602. The van der Waals surface area contributed by atoms with Crippen molar-refractivity contribution in [3.63, 3.8) is 0 Å². The van der Waals surface area contributed by atoms with Crippen LogP contribution in [0.1, 0.15) is 41.4 Å². The molecule has 0 saturated heterocycles. The average molecular weight is 392 g/mol. The maximum atomic E-state index is 9.36. The number of hydrogen-bond donors (Lipinski definition) is 1. The molecule has 0 amide bonds. The van der Waals surface area contributed by atoms with Gasteiger partial charge in [-0.1, -0.05) is 36.4 Å². The molecule has 4 rings (SSSR count). The summed E-state index contributed by atoms with van der Waals surface area (Å²) < 4.78 is 7.84. The van der Waals surface area contributed by atoms with Crippen LogP contribution in [0.25, 0.3) is 0 Å². The van der Waals surface area contributed by atoms with E-state index >= 15 is 0 Å². The highest BCUT2D eigenvalue weighted by molar-refractivity contribution is 5.35. The molecule has 0 radical (unpaired) electrons. The minimum absolute atomic E-state index is 0.227. The Morgan fingerprint density at radius 3 is 2.76 bits per heavy atom. The Balaban J connectivity index is 1.42. The second kappa shape index (κ2) is 9.25. The van der Waals surface area contributed by atoms with Gasteiger partial charge in [0.05, 0.1) is 0 Å². The van der Waals surface area contributed by atoms with Gasteiger partial charge in [-0.2, -0.15) is 0 Å². The molecule has 0 bridgehead atoms. The van der Waals surface area contributed by atoms with E-state index in [1.807, 2.05) is 29.9 Å². The predicted molar refractivity (Wildman–Crippen MR) is 114 cm³/mol. The van der Waals surface area contributed by atoms with E-state index in [0.717, 1.165) is 43.9 Å². The zero-order chi connectivity index (χ0) is 20.1. The fourth-order valence-electron chi connectivity index (χ4n) is 4.14. The van der Waals surface area contributed by atoms with E-state index in [9.17, 15) is 5.11 Å². The minimum Gasteiger partial charge on any atom is -0.486 e. The van der Waals surface area contributed by atoms with Crippen molar-refractivity contribution in [2.24, 2.45) is 7.05 Å². The van der Waals surface area contributed by atoms with Crippen molar-refractivity contribution < 1.29 is 9.84 Å². The number of ether oxygens (including phenoxy) is 1. The lowest BCUT2D eigenvalue weighted by Crippen LogP contribution is -2.28. The highest BCUT2D eigenvalue weighted by Gasteiger charge is 2.27. The second-order valence-electron chi connectivity index (χ2n) is 7.69. The first kappa shape index (κ1) is 19.7. The Morgan fingerprint density at radius 1 is 1.17 bits per heavy atom. The molecular weight excluding hydrogens is 362 g/mol. The van der Waals surface area contributed by atoms with Crippen LogP contribution in [0.15, 0.2) is 60.9 Å². The molecule has 2 aromatic carbocycles. The first-order valence-electron chi connectivity index (χ1n) is 10.4. The van der Waals surface area contributed by atoms with Crippen molar-refractivity contribution in [2.45, 2.75) is 38.5 Å². The smallest absolute Gasteiger partial charge is 0.146 e. The molecule has 5 nitrogen and oxygen atoms in total. The summed E-state index contributed by atoms with van der Waals surface area (Å²) in [7, 11) is 1.97. The van der Waals surface area contributed by atoms with Crippen LogP contribution in [0, 0.1) is 0 Å². The molecule has 29 heavy (non-hydrogen) atoms. The van der Waals surface area contributed by atoms with Gasteiger partial charge in [-0.25, -0.2) is 4.98 Å². The van der Waals surface area contributed by atoms with E-state index in [1.54, 1.807) is 6.20 Å². The van der Waals surface area contributed by atoms with Gasteiger partial charge in [-0.15, -0.1) is 0 Å². The SMILES string of the molecule is Cn1ccnc1COc1ccc(CN(CCCO)C2CCc3ccccc32)cc1. The molecule has 1 aromatic heterocycles. The van der Waals surface area contributed by atoms with Crippen molar-refractivity contribution in [1.29, 1.82) is 0 Å². The first-order chi connectivity index (χ1) is 14.2. The largest absolute Gasteiger partial charge is 0.486 e. The molecule has 1 unspecified atom stereocenters. The topological polar surface area (TPSA) is 50.5 Å². The van der Waals surface area contributed by atoms with Crippen molar-refractivity contribution in [2.75, 3.05) is 13.2 Å². The summed E-state index contributed by atoms with van der Waals surface area (Å²) in [6, 6.07) is 17.5. The summed E-state index contributed by atoms with van der Waals surface area (Å²) >= 11 is 0. The third-order valence-electron chi connectivity index (χ3n) is 5.74. The zero-order valence-electron chi connectivity index (χ0n) is 17.0. The Labute approximate surface area is 172 Å². The van der Waals surface area contributed by atoms with E-state index < -0.39 is 0 Å². The van der Waals surface area contributed by atoms with Gasteiger partial charge in [-0.05, 0) is 48.1 Å². The Bertz CT molecular complexity index is 920. The van der Waals surface area contributed by atoms with Crippen molar-refractivity contribution >= 4 is 0 Å². The zero-order valence-corrected chi connectivity index (χ0v) is 17.0. The van der Waals surface area contributed by atoms with E-state index in [0.29, 0.717) is 12.6 Å². The lowest BCUT2D eigenvalue weighted by atomic mass is 10.1. The number of nitrogens with zero attached hydrogens (tertiary/aromatic N) is 3. The maximum Gasteiger partial charge on any atom is 0.146 e. The third-order valence-corrected chi connectivity index (χ3v) is 5.74. The molecule has 1 aliphatic rings. The minimum atomic E-state index is 0.227. The molecule has 0 fully saturated rings.